The average molecular weight is 467 g/mol. The molecule has 2 unspecified atom stereocenters. The highest BCUT2D eigenvalue weighted by Gasteiger charge is 2.46. The smallest absolute Gasteiger partial charge is 0.377 e. The summed E-state index contributed by atoms with van der Waals surface area (Å²) in [6, 6.07) is 0. The molecule has 0 aromatic carbocycles. The van der Waals surface area contributed by atoms with E-state index in [-0.39, 0.29) is 11.1 Å². The molecule has 0 aliphatic carbocycles. The Morgan fingerprint density at radius 2 is 0.900 bits per heavy atom. The Hall–Kier alpha value is -0.136. The lowest BCUT2D eigenvalue weighted by Gasteiger charge is -2.32. The maximum atomic E-state index is 12.3. The quantitative estimate of drug-likeness (QED) is 0.185. The zero-order valence-electron chi connectivity index (χ0n) is 20.6. The first-order valence-corrected chi connectivity index (χ1v) is 14.8. The number of ketones is 1. The average Bonchev–Trinajstić information content (AvgIpc) is 2.79. The van der Waals surface area contributed by atoms with Gasteiger partial charge in [-0.2, -0.15) is 0 Å². The molecular formula is C21H46O7Si2. The van der Waals surface area contributed by atoms with Crippen LogP contribution < -0.4 is 0 Å². The Labute approximate surface area is 186 Å². The molecule has 0 amide bonds. The third-order valence-electron chi connectivity index (χ3n) is 6.21. The van der Waals surface area contributed by atoms with Crippen LogP contribution in [-0.4, -0.2) is 66.1 Å². The molecule has 9 heteroatoms. The molecule has 0 saturated carbocycles. The van der Waals surface area contributed by atoms with Gasteiger partial charge in [0.15, 0.2) is 0 Å². The number of unbranched alkanes of at least 4 members (excludes halogenated alkanes) is 2. The predicted molar refractivity (Wildman–Crippen MR) is 124 cm³/mol. The molecule has 0 aromatic rings. The lowest BCUT2D eigenvalue weighted by molar-refractivity contribution is -0.119. The molecule has 0 rings (SSSR count). The van der Waals surface area contributed by atoms with Crippen molar-refractivity contribution in [3.8, 4) is 0 Å². The topological polar surface area (TPSA) is 72.5 Å². The maximum absolute atomic E-state index is 12.3. The van der Waals surface area contributed by atoms with Gasteiger partial charge < -0.3 is 26.6 Å². The highest BCUT2D eigenvalue weighted by Crippen LogP contribution is 2.33. The fourth-order valence-corrected chi connectivity index (χ4v) is 9.43. The molecule has 180 valence electrons. The second-order valence-electron chi connectivity index (χ2n) is 7.67. The molecule has 0 radical (unpaired) electrons. The van der Waals surface area contributed by atoms with Gasteiger partial charge in [-0.25, -0.2) is 0 Å². The van der Waals surface area contributed by atoms with E-state index in [0.29, 0.717) is 18.6 Å². The Bertz CT molecular complexity index is 389. The van der Waals surface area contributed by atoms with E-state index in [1.54, 1.807) is 42.7 Å². The van der Waals surface area contributed by atoms with Crippen molar-refractivity contribution in [1.82, 2.24) is 0 Å². The molecule has 2 atom stereocenters. The van der Waals surface area contributed by atoms with Gasteiger partial charge >= 0.3 is 17.6 Å². The van der Waals surface area contributed by atoms with Crippen LogP contribution in [-0.2, 0) is 31.4 Å². The summed E-state index contributed by atoms with van der Waals surface area (Å²) in [5.74, 6) is 0.346. The van der Waals surface area contributed by atoms with Crippen LogP contribution in [0.1, 0.15) is 78.1 Å². The van der Waals surface area contributed by atoms with E-state index in [1.807, 2.05) is 0 Å². The molecule has 0 N–H and O–H groups in total. The van der Waals surface area contributed by atoms with Crippen molar-refractivity contribution in [2.24, 2.45) is 0 Å². The summed E-state index contributed by atoms with van der Waals surface area (Å²) in [4.78, 5) is 12.3. The number of rotatable bonds is 20. The summed E-state index contributed by atoms with van der Waals surface area (Å²) in [7, 11) is 4.75. The van der Waals surface area contributed by atoms with Gasteiger partial charge in [0.25, 0.3) is 0 Å². The Balaban J connectivity index is 4.24. The summed E-state index contributed by atoms with van der Waals surface area (Å²) < 4.78 is 33.7. The minimum absolute atomic E-state index is 0.269. The molecule has 7 nitrogen and oxygen atoms in total. The van der Waals surface area contributed by atoms with Crippen LogP contribution >= 0.6 is 0 Å². The summed E-state index contributed by atoms with van der Waals surface area (Å²) in [6.45, 7) is 4.26. The van der Waals surface area contributed by atoms with Gasteiger partial charge in [0.1, 0.15) is 5.78 Å². The lowest BCUT2D eigenvalue weighted by Crippen LogP contribution is -2.47. The highest BCUT2D eigenvalue weighted by molar-refractivity contribution is 6.62. The third-order valence-corrected chi connectivity index (χ3v) is 13.0. The van der Waals surface area contributed by atoms with Crippen LogP contribution in [0.25, 0.3) is 0 Å². The van der Waals surface area contributed by atoms with Crippen molar-refractivity contribution >= 4 is 23.4 Å². The molecule has 30 heavy (non-hydrogen) atoms. The SMILES string of the molecule is CCC(CCCCC(=O)CCCCC(CC)[Si](OC)(OC)OC)[Si](OC)(OC)OC. The summed E-state index contributed by atoms with van der Waals surface area (Å²) in [5.41, 5.74) is 0.538. The van der Waals surface area contributed by atoms with E-state index in [9.17, 15) is 4.79 Å². The second kappa shape index (κ2) is 16.5. The first-order valence-electron chi connectivity index (χ1n) is 11.2. The van der Waals surface area contributed by atoms with Crippen molar-refractivity contribution in [3.05, 3.63) is 0 Å². The minimum Gasteiger partial charge on any atom is -0.377 e. The number of carbonyl (C=O) groups excluding carboxylic acids is 1. The third kappa shape index (κ3) is 8.78. The highest BCUT2D eigenvalue weighted by atomic mass is 28.4. The van der Waals surface area contributed by atoms with Crippen molar-refractivity contribution in [2.75, 3.05) is 42.7 Å². The molecule has 0 bridgehead atoms. The standard InChI is InChI=1S/C21H46O7Si2/c1-9-20(29(23-3,24-4)25-5)17-13-11-15-19(22)16-12-14-18-21(10-2)30(26-6,27-7)28-8/h20-21H,9-18H2,1-8H3. The van der Waals surface area contributed by atoms with Crippen LogP contribution in [0.5, 0.6) is 0 Å². The summed E-state index contributed by atoms with van der Waals surface area (Å²) in [6.07, 6.45) is 8.87. The zero-order valence-corrected chi connectivity index (χ0v) is 22.6. The van der Waals surface area contributed by atoms with E-state index in [4.69, 9.17) is 26.6 Å². The molecule has 0 aliphatic rings. The number of carbonyl (C=O) groups is 1. The van der Waals surface area contributed by atoms with Crippen molar-refractivity contribution < 1.29 is 31.4 Å². The van der Waals surface area contributed by atoms with Gasteiger partial charge in [0, 0.05) is 66.6 Å². The van der Waals surface area contributed by atoms with Crippen LogP contribution in [0.4, 0.5) is 0 Å². The second-order valence-corrected chi connectivity index (χ2v) is 14.2. The lowest BCUT2D eigenvalue weighted by atomic mass is 10.0. The minimum atomic E-state index is -2.60. The van der Waals surface area contributed by atoms with Crippen LogP contribution in [0, 0.1) is 0 Å². The number of hydrogen-bond donors (Lipinski definition) is 0. The van der Waals surface area contributed by atoms with E-state index in [0.717, 1.165) is 51.4 Å². The van der Waals surface area contributed by atoms with Gasteiger partial charge in [0.2, 0.25) is 0 Å². The van der Waals surface area contributed by atoms with Gasteiger partial charge in [-0.15, -0.1) is 0 Å². The molecule has 0 aliphatic heterocycles. The van der Waals surface area contributed by atoms with Gasteiger partial charge in [-0.3, -0.25) is 4.79 Å². The predicted octanol–water partition coefficient (Wildman–Crippen LogP) is 4.99. The van der Waals surface area contributed by atoms with E-state index < -0.39 is 17.6 Å². The van der Waals surface area contributed by atoms with Gasteiger partial charge in [-0.1, -0.05) is 26.7 Å². The summed E-state index contributed by atoms with van der Waals surface area (Å²) >= 11 is 0. The Morgan fingerprint density at radius 1 is 0.600 bits per heavy atom. The van der Waals surface area contributed by atoms with E-state index in [2.05, 4.69) is 13.8 Å². The van der Waals surface area contributed by atoms with E-state index >= 15 is 0 Å². The van der Waals surface area contributed by atoms with Gasteiger partial charge in [-0.05, 0) is 38.5 Å². The Morgan fingerprint density at radius 3 is 1.13 bits per heavy atom. The van der Waals surface area contributed by atoms with Gasteiger partial charge in [0.05, 0.1) is 0 Å². The van der Waals surface area contributed by atoms with Crippen molar-refractivity contribution in [3.63, 3.8) is 0 Å². The van der Waals surface area contributed by atoms with Crippen LogP contribution in [0.2, 0.25) is 11.1 Å². The van der Waals surface area contributed by atoms with Crippen molar-refractivity contribution in [1.29, 1.82) is 0 Å². The van der Waals surface area contributed by atoms with Crippen LogP contribution in [0.3, 0.4) is 0 Å². The largest absolute Gasteiger partial charge is 0.503 e. The number of hydrogen-bond acceptors (Lipinski definition) is 7. The first kappa shape index (κ1) is 29.9. The molecule has 0 aromatic heterocycles. The molecule has 0 fully saturated rings. The molecular weight excluding hydrogens is 420 g/mol. The van der Waals surface area contributed by atoms with Crippen LogP contribution in [0.15, 0.2) is 0 Å². The van der Waals surface area contributed by atoms with Crippen molar-refractivity contribution in [2.45, 2.75) is 89.1 Å². The molecule has 0 saturated heterocycles. The first-order chi connectivity index (χ1) is 14.4. The zero-order chi connectivity index (χ0) is 23.0. The summed E-state index contributed by atoms with van der Waals surface area (Å²) in [5, 5.41) is 0. The van der Waals surface area contributed by atoms with E-state index in [1.165, 1.54) is 0 Å². The molecule has 0 heterocycles. The Kier molecular flexibility index (Phi) is 16.4. The fraction of sp³-hybridized carbons (Fsp3) is 0.952. The maximum Gasteiger partial charge on any atom is 0.503 e. The number of Topliss-reactive ketones (excluding diaryl/α,β-unsaturated/α-hetero) is 1. The monoisotopic (exact) mass is 466 g/mol. The molecule has 0 spiro atoms. The fourth-order valence-electron chi connectivity index (χ4n) is 4.31. The normalized spacial score (nSPS) is 14.7.